The van der Waals surface area contributed by atoms with Crippen molar-refractivity contribution in [2.75, 3.05) is 30.0 Å². The van der Waals surface area contributed by atoms with Gasteiger partial charge in [-0.3, -0.25) is 0 Å². The lowest BCUT2D eigenvalue weighted by atomic mass is 10.1. The molecule has 0 aliphatic carbocycles. The van der Waals surface area contributed by atoms with Crippen molar-refractivity contribution in [3.05, 3.63) is 98.5 Å². The van der Waals surface area contributed by atoms with E-state index in [1.165, 1.54) is 32.0 Å². The van der Waals surface area contributed by atoms with Gasteiger partial charge in [-0.15, -0.1) is 0 Å². The van der Waals surface area contributed by atoms with Gasteiger partial charge in [0.2, 0.25) is 11.9 Å². The Morgan fingerprint density at radius 2 is 1.57 bits per heavy atom. The molecule has 2 aromatic heterocycles. The van der Waals surface area contributed by atoms with Gasteiger partial charge in [-0.05, 0) is 65.7 Å². The Morgan fingerprint density at radius 1 is 0.915 bits per heavy atom. The summed E-state index contributed by atoms with van der Waals surface area (Å²) in [5.41, 5.74) is -2.14. The molecule has 0 saturated heterocycles. The van der Waals surface area contributed by atoms with Gasteiger partial charge in [0.15, 0.2) is 0 Å². The molecule has 47 heavy (non-hydrogen) atoms. The van der Waals surface area contributed by atoms with Crippen LogP contribution in [0.5, 0.6) is 5.75 Å². The Labute approximate surface area is 286 Å². The van der Waals surface area contributed by atoms with Gasteiger partial charge in [-0.2, -0.15) is 26.3 Å². The number of aliphatic hydroxyl groups excluding tert-OH is 1. The fourth-order valence-corrected chi connectivity index (χ4v) is 4.22. The fourth-order valence-electron chi connectivity index (χ4n) is 3.70. The van der Waals surface area contributed by atoms with Gasteiger partial charge in [0.1, 0.15) is 18.1 Å². The molecule has 17 heteroatoms. The van der Waals surface area contributed by atoms with Crippen LogP contribution < -0.4 is 15.0 Å². The maximum absolute atomic E-state index is 12.9. The van der Waals surface area contributed by atoms with Crippen molar-refractivity contribution in [2.45, 2.75) is 45.7 Å². The summed E-state index contributed by atoms with van der Waals surface area (Å²) < 4.78 is 82.9. The summed E-state index contributed by atoms with van der Waals surface area (Å²) >= 11 is 15.2. The first kappa shape index (κ1) is 39.8. The van der Waals surface area contributed by atoms with Crippen molar-refractivity contribution in [1.82, 2.24) is 19.9 Å². The number of halogens is 9. The lowest BCUT2D eigenvalue weighted by Gasteiger charge is -2.27. The number of hydrogen-bond donors (Lipinski definition) is 2. The van der Waals surface area contributed by atoms with Crippen LogP contribution in [-0.4, -0.2) is 50.3 Å². The summed E-state index contributed by atoms with van der Waals surface area (Å²) in [5.74, 6) is -0.134. The molecular formula is C30H31BrCl2F6N6O2. The molecule has 8 nitrogen and oxygen atoms in total. The summed E-state index contributed by atoms with van der Waals surface area (Å²) in [6.45, 7) is 3.79. The van der Waals surface area contributed by atoms with Crippen molar-refractivity contribution < 1.29 is 36.2 Å². The van der Waals surface area contributed by atoms with Crippen LogP contribution in [0.15, 0.2) is 71.6 Å². The van der Waals surface area contributed by atoms with Gasteiger partial charge >= 0.3 is 12.4 Å². The van der Waals surface area contributed by atoms with Crippen LogP contribution in [0, 0.1) is 0 Å². The van der Waals surface area contributed by atoms with Gasteiger partial charge in [0, 0.05) is 31.7 Å². The van der Waals surface area contributed by atoms with Gasteiger partial charge in [0.25, 0.3) is 0 Å². The van der Waals surface area contributed by atoms with E-state index in [1.54, 1.807) is 24.5 Å². The third-order valence-electron chi connectivity index (χ3n) is 5.79. The third kappa shape index (κ3) is 12.6. The van der Waals surface area contributed by atoms with E-state index in [4.69, 9.17) is 27.9 Å². The Balaban J connectivity index is 0.000000330. The lowest BCUT2D eigenvalue weighted by molar-refractivity contribution is -0.141. The van der Waals surface area contributed by atoms with E-state index in [-0.39, 0.29) is 32.3 Å². The Hall–Kier alpha value is -3.40. The number of nitrogens with one attached hydrogen (secondary N) is 1. The van der Waals surface area contributed by atoms with Crippen LogP contribution in [0.1, 0.15) is 38.1 Å². The average molecular weight is 772 g/mol. The van der Waals surface area contributed by atoms with E-state index < -0.39 is 29.1 Å². The van der Waals surface area contributed by atoms with Crippen LogP contribution in [0.3, 0.4) is 0 Å². The predicted octanol–water partition coefficient (Wildman–Crippen LogP) is 8.96. The first-order valence-electron chi connectivity index (χ1n) is 13.2. The van der Waals surface area contributed by atoms with Crippen LogP contribution in [0.2, 0.25) is 10.0 Å². The minimum Gasteiger partial charge on any atom is -0.491 e. The molecule has 0 bridgehead atoms. The molecule has 0 aliphatic rings. The van der Waals surface area contributed by atoms with Crippen molar-refractivity contribution >= 4 is 51.0 Å². The summed E-state index contributed by atoms with van der Waals surface area (Å²) in [4.78, 5) is 17.4. The second kappa shape index (κ2) is 17.1. The SMILES string of the molecule is C.CC(C)(COc1ccccc1C(F)(F)F)Nc1nccc(C(F)(F)F)n1.OCCN(Cc1ccc(Cl)c(Cl)c1)c1ncc(Br)cn1. The zero-order valence-corrected chi connectivity index (χ0v) is 27.3. The fraction of sp³-hybridized carbons (Fsp3) is 0.333. The Morgan fingerprint density at radius 3 is 2.17 bits per heavy atom. The van der Waals surface area contributed by atoms with Crippen molar-refractivity contribution in [3.63, 3.8) is 0 Å². The van der Waals surface area contributed by atoms with Crippen LogP contribution in [0.25, 0.3) is 0 Å². The van der Waals surface area contributed by atoms with Crippen LogP contribution >= 0.6 is 39.1 Å². The normalized spacial score (nSPS) is 11.6. The number of hydrogen-bond acceptors (Lipinski definition) is 8. The summed E-state index contributed by atoms with van der Waals surface area (Å²) in [6.07, 6.45) is -4.94. The van der Waals surface area contributed by atoms with E-state index in [2.05, 4.69) is 41.2 Å². The molecule has 0 atom stereocenters. The topological polar surface area (TPSA) is 96.3 Å². The summed E-state index contributed by atoms with van der Waals surface area (Å²) in [5, 5.41) is 12.8. The Kier molecular flexibility index (Phi) is 14.5. The number of ether oxygens (including phenoxy) is 1. The zero-order valence-electron chi connectivity index (χ0n) is 24.2. The highest BCUT2D eigenvalue weighted by Crippen LogP contribution is 2.36. The number of anilines is 2. The highest BCUT2D eigenvalue weighted by molar-refractivity contribution is 9.10. The molecule has 0 saturated carbocycles. The molecule has 2 heterocycles. The molecule has 0 aliphatic heterocycles. The molecule has 4 aromatic rings. The number of aliphatic hydroxyl groups is 1. The summed E-state index contributed by atoms with van der Waals surface area (Å²) in [6, 6.07) is 10.8. The zero-order chi connectivity index (χ0) is 34.1. The first-order valence-corrected chi connectivity index (χ1v) is 14.8. The smallest absolute Gasteiger partial charge is 0.433 e. The lowest BCUT2D eigenvalue weighted by Crippen LogP contribution is -2.38. The minimum atomic E-state index is -4.63. The maximum Gasteiger partial charge on any atom is 0.433 e. The number of para-hydroxylation sites is 1. The van der Waals surface area contributed by atoms with Gasteiger partial charge in [-0.25, -0.2) is 19.9 Å². The largest absolute Gasteiger partial charge is 0.491 e. The molecule has 256 valence electrons. The first-order chi connectivity index (χ1) is 21.5. The van der Waals surface area contributed by atoms with E-state index in [9.17, 15) is 31.4 Å². The second-order valence-corrected chi connectivity index (χ2v) is 11.9. The number of benzene rings is 2. The maximum atomic E-state index is 12.9. The van der Waals surface area contributed by atoms with Crippen molar-refractivity contribution in [2.24, 2.45) is 0 Å². The number of nitrogens with zero attached hydrogens (tertiary/aromatic N) is 5. The van der Waals surface area contributed by atoms with E-state index >= 15 is 0 Å². The second-order valence-electron chi connectivity index (χ2n) is 10.1. The minimum absolute atomic E-state index is 0. The Bertz CT molecular complexity index is 1580. The van der Waals surface area contributed by atoms with Crippen LogP contribution in [-0.2, 0) is 18.9 Å². The third-order valence-corrected chi connectivity index (χ3v) is 6.94. The van der Waals surface area contributed by atoms with E-state index in [0.29, 0.717) is 35.1 Å². The molecule has 2 aromatic carbocycles. The van der Waals surface area contributed by atoms with Gasteiger partial charge in [-0.1, -0.05) is 48.8 Å². The summed E-state index contributed by atoms with van der Waals surface area (Å²) in [7, 11) is 0. The number of aromatic nitrogens is 4. The molecule has 0 radical (unpaired) electrons. The highest BCUT2D eigenvalue weighted by Gasteiger charge is 2.35. The molecule has 2 N–H and O–H groups in total. The highest BCUT2D eigenvalue weighted by atomic mass is 79.9. The van der Waals surface area contributed by atoms with Gasteiger partial charge < -0.3 is 20.1 Å². The molecular weight excluding hydrogens is 741 g/mol. The molecule has 0 unspecified atom stereocenters. The number of alkyl halides is 6. The quantitative estimate of drug-likeness (QED) is 0.154. The van der Waals surface area contributed by atoms with E-state index in [0.717, 1.165) is 22.3 Å². The van der Waals surface area contributed by atoms with Crippen molar-refractivity contribution in [1.29, 1.82) is 0 Å². The van der Waals surface area contributed by atoms with E-state index in [1.807, 2.05) is 11.0 Å². The van der Waals surface area contributed by atoms with Crippen molar-refractivity contribution in [3.8, 4) is 5.75 Å². The van der Waals surface area contributed by atoms with Gasteiger partial charge in [0.05, 0.1) is 32.2 Å². The molecule has 0 spiro atoms. The molecule has 0 amide bonds. The number of rotatable bonds is 10. The predicted molar refractivity (Wildman–Crippen MR) is 173 cm³/mol. The molecule has 0 fully saturated rings. The monoisotopic (exact) mass is 770 g/mol. The molecule has 4 rings (SSSR count). The standard InChI is InChI=1S/C16H15F6N3O.C13H12BrCl2N3O.CH4/c1-14(2,25-13-23-8-7-12(24-13)16(20,21)22)9-26-11-6-4-3-5-10(11)15(17,18)19;14-10-6-17-13(18-7-10)19(3-4-20)8-9-1-2-11(15)12(16)5-9;/h3-8H,9H2,1-2H3,(H,23,24,25);1-2,5-7,20H,3-4,8H2;1H4. The average Bonchev–Trinajstić information content (AvgIpc) is 2.98. The van der Waals surface area contributed by atoms with Crippen LogP contribution in [0.4, 0.5) is 38.2 Å².